The van der Waals surface area contributed by atoms with Gasteiger partial charge in [0.2, 0.25) is 0 Å². The van der Waals surface area contributed by atoms with E-state index >= 15 is 0 Å². The first-order chi connectivity index (χ1) is 15.7. The maximum absolute atomic E-state index is 9.61. The van der Waals surface area contributed by atoms with Gasteiger partial charge in [0.25, 0.3) is 0 Å². The fourth-order valence-corrected chi connectivity index (χ4v) is 5.06. The Morgan fingerprint density at radius 2 is 1.88 bits per heavy atom. The van der Waals surface area contributed by atoms with Gasteiger partial charge in [-0.1, -0.05) is 6.07 Å². The number of fused-ring (bicyclic) bond motifs is 2. The minimum atomic E-state index is 0.410. The summed E-state index contributed by atoms with van der Waals surface area (Å²) < 4.78 is 4.37. The van der Waals surface area contributed by atoms with Crippen LogP contribution in [0.25, 0.3) is 16.7 Å². The van der Waals surface area contributed by atoms with Crippen LogP contribution in [0.1, 0.15) is 24.4 Å². The second-order valence-electron chi connectivity index (χ2n) is 8.73. The quantitative estimate of drug-likeness (QED) is 0.541. The van der Waals surface area contributed by atoms with Crippen molar-refractivity contribution in [2.45, 2.75) is 24.9 Å². The Morgan fingerprint density at radius 1 is 1.06 bits per heavy atom. The molecule has 162 valence electrons. The van der Waals surface area contributed by atoms with Crippen molar-refractivity contribution in [1.82, 2.24) is 24.3 Å². The Kier molecular flexibility index (Phi) is 4.51. The van der Waals surface area contributed by atoms with Gasteiger partial charge in [0.05, 0.1) is 5.56 Å². The highest BCUT2D eigenvalue weighted by Crippen LogP contribution is 2.36. The summed E-state index contributed by atoms with van der Waals surface area (Å²) in [5.74, 6) is 2.17. The summed E-state index contributed by atoms with van der Waals surface area (Å²) in [4.78, 5) is 14.2. The van der Waals surface area contributed by atoms with Crippen LogP contribution in [0, 0.1) is 11.3 Å². The molecule has 8 nitrogen and oxygen atoms in total. The fraction of sp³-hybridized carbons (Fsp3) is 0.375. The largest absolute Gasteiger partial charge is 0.354 e. The number of nitrogens with zero attached hydrogens (tertiary/aromatic N) is 7. The summed E-state index contributed by atoms with van der Waals surface area (Å²) in [6.45, 7) is 3.66. The predicted octanol–water partition coefficient (Wildman–Crippen LogP) is 2.81. The number of pyridine rings is 2. The molecule has 2 fully saturated rings. The number of imidazole rings is 1. The van der Waals surface area contributed by atoms with E-state index in [1.165, 1.54) is 5.82 Å². The molecule has 0 bridgehead atoms. The van der Waals surface area contributed by atoms with Gasteiger partial charge in [0, 0.05) is 62.2 Å². The third-order valence-electron chi connectivity index (χ3n) is 7.03. The molecule has 0 aromatic carbocycles. The van der Waals surface area contributed by atoms with Crippen LogP contribution >= 0.6 is 0 Å². The summed E-state index contributed by atoms with van der Waals surface area (Å²) in [5.41, 5.74) is 2.62. The van der Waals surface area contributed by atoms with Crippen molar-refractivity contribution >= 4 is 28.3 Å². The maximum Gasteiger partial charge on any atom is 0.143 e. The lowest BCUT2D eigenvalue weighted by Gasteiger charge is -2.37. The van der Waals surface area contributed by atoms with E-state index < -0.39 is 0 Å². The number of hydrogen-bond donors (Lipinski definition) is 1. The smallest absolute Gasteiger partial charge is 0.143 e. The molecule has 1 saturated carbocycles. The van der Waals surface area contributed by atoms with Crippen molar-refractivity contribution in [3.63, 3.8) is 0 Å². The Labute approximate surface area is 186 Å². The molecule has 32 heavy (non-hydrogen) atoms. The summed E-state index contributed by atoms with van der Waals surface area (Å²) in [5, 5.41) is 13.9. The van der Waals surface area contributed by atoms with Crippen molar-refractivity contribution in [3.05, 3.63) is 54.5 Å². The predicted molar refractivity (Wildman–Crippen MR) is 125 cm³/mol. The normalized spacial score (nSPS) is 21.1. The van der Waals surface area contributed by atoms with Crippen molar-refractivity contribution in [1.29, 1.82) is 5.26 Å². The van der Waals surface area contributed by atoms with E-state index in [4.69, 9.17) is 4.98 Å². The van der Waals surface area contributed by atoms with Crippen molar-refractivity contribution in [2.75, 3.05) is 43.0 Å². The van der Waals surface area contributed by atoms with Gasteiger partial charge in [0.1, 0.15) is 29.0 Å². The van der Waals surface area contributed by atoms with Crippen LogP contribution in [0.5, 0.6) is 0 Å². The molecule has 0 amide bonds. The van der Waals surface area contributed by atoms with Gasteiger partial charge < -0.3 is 19.7 Å². The lowest BCUT2D eigenvalue weighted by molar-refractivity contribution is 0.240. The topological polar surface area (TPSA) is 77.4 Å². The molecule has 1 saturated heterocycles. The number of hydrogen-bond acceptors (Lipinski definition) is 6. The molecule has 1 N–H and O–H groups in total. The zero-order chi connectivity index (χ0) is 21.7. The first-order valence-electron chi connectivity index (χ1n) is 11.3. The molecule has 0 atom stereocenters. The first kappa shape index (κ1) is 19.1. The number of aromatic nitrogens is 4. The average Bonchev–Trinajstić information content (AvgIpc) is 3.43. The van der Waals surface area contributed by atoms with E-state index in [0.717, 1.165) is 61.5 Å². The molecule has 6 rings (SSSR count). The van der Waals surface area contributed by atoms with Crippen LogP contribution in [0.3, 0.4) is 0 Å². The lowest BCUT2D eigenvalue weighted by Crippen LogP contribution is -2.47. The standard InChI is InChI=1S/C24H26N8/c1-26-18-13-19(14-18)32-16-17(15-25)20-5-6-22(28-24(20)32)29-9-11-30(12-10-29)23-4-2-3-21-27-7-8-31(21)23/h2-8,16,18-19,26H,9-14H2,1H3/t18-,19-. The highest BCUT2D eigenvalue weighted by molar-refractivity contribution is 5.85. The SMILES string of the molecule is CN[C@H]1C[C@H](n2cc(C#N)c3ccc(N4CCN(c5cccc6nccn56)CC4)nc32)C1. The Balaban J connectivity index is 1.25. The van der Waals surface area contributed by atoms with Crippen LogP contribution in [-0.4, -0.2) is 58.2 Å². The summed E-state index contributed by atoms with van der Waals surface area (Å²) in [6.07, 6.45) is 8.01. The summed E-state index contributed by atoms with van der Waals surface area (Å²) in [6, 6.07) is 13.7. The van der Waals surface area contributed by atoms with Gasteiger partial charge in [0.15, 0.2) is 0 Å². The molecule has 4 aromatic rings. The number of piperazine rings is 1. The number of rotatable bonds is 4. The molecule has 4 aromatic heterocycles. The third-order valence-corrected chi connectivity index (χ3v) is 7.03. The van der Waals surface area contributed by atoms with Crippen LogP contribution < -0.4 is 15.1 Å². The van der Waals surface area contributed by atoms with Crippen LogP contribution in [-0.2, 0) is 0 Å². The van der Waals surface area contributed by atoms with Crippen molar-refractivity contribution in [2.24, 2.45) is 0 Å². The van der Waals surface area contributed by atoms with E-state index in [0.29, 0.717) is 17.6 Å². The van der Waals surface area contributed by atoms with E-state index in [1.54, 1.807) is 0 Å². The molecule has 8 heteroatoms. The zero-order valence-electron chi connectivity index (χ0n) is 18.1. The van der Waals surface area contributed by atoms with Gasteiger partial charge >= 0.3 is 0 Å². The van der Waals surface area contributed by atoms with Gasteiger partial charge in [-0.3, -0.25) is 4.40 Å². The molecular formula is C24H26N8. The molecule has 0 spiro atoms. The van der Waals surface area contributed by atoms with Gasteiger partial charge in [-0.2, -0.15) is 5.26 Å². The number of nitrogens with one attached hydrogen (secondary N) is 1. The van der Waals surface area contributed by atoms with Gasteiger partial charge in [-0.15, -0.1) is 0 Å². The van der Waals surface area contributed by atoms with Gasteiger partial charge in [-0.25, -0.2) is 9.97 Å². The summed E-state index contributed by atoms with van der Waals surface area (Å²) >= 11 is 0. The zero-order valence-corrected chi connectivity index (χ0v) is 18.1. The van der Waals surface area contributed by atoms with Crippen molar-refractivity contribution in [3.8, 4) is 6.07 Å². The average molecular weight is 427 g/mol. The monoisotopic (exact) mass is 426 g/mol. The summed E-state index contributed by atoms with van der Waals surface area (Å²) in [7, 11) is 2.01. The molecule has 1 aliphatic carbocycles. The van der Waals surface area contributed by atoms with E-state index in [9.17, 15) is 5.26 Å². The highest BCUT2D eigenvalue weighted by Gasteiger charge is 2.31. The Bertz CT molecular complexity index is 1320. The van der Waals surface area contributed by atoms with E-state index in [2.05, 4.69) is 59.4 Å². The number of anilines is 2. The minimum absolute atomic E-state index is 0.410. The van der Waals surface area contributed by atoms with Crippen LogP contribution in [0.4, 0.5) is 11.6 Å². The van der Waals surface area contributed by atoms with E-state index in [-0.39, 0.29) is 0 Å². The second kappa shape index (κ2) is 7.53. The molecule has 2 aliphatic rings. The molecular weight excluding hydrogens is 400 g/mol. The first-order valence-corrected chi connectivity index (χ1v) is 11.3. The highest BCUT2D eigenvalue weighted by atomic mass is 15.3. The van der Waals surface area contributed by atoms with Crippen molar-refractivity contribution < 1.29 is 0 Å². The molecule has 5 heterocycles. The van der Waals surface area contributed by atoms with Crippen LogP contribution in [0.15, 0.2) is 48.9 Å². The fourth-order valence-electron chi connectivity index (χ4n) is 5.06. The Morgan fingerprint density at radius 3 is 2.66 bits per heavy atom. The number of nitriles is 1. The molecule has 0 unspecified atom stereocenters. The molecule has 1 aliphatic heterocycles. The van der Waals surface area contributed by atoms with E-state index in [1.807, 2.05) is 31.7 Å². The van der Waals surface area contributed by atoms with Gasteiger partial charge in [-0.05, 0) is 44.2 Å². The second-order valence-corrected chi connectivity index (χ2v) is 8.73. The van der Waals surface area contributed by atoms with Crippen LogP contribution in [0.2, 0.25) is 0 Å². The Hall–Kier alpha value is -3.57. The third kappa shape index (κ3) is 3.00. The lowest BCUT2D eigenvalue weighted by atomic mass is 9.87. The molecule has 0 radical (unpaired) electrons. The maximum atomic E-state index is 9.61. The minimum Gasteiger partial charge on any atom is -0.354 e.